The number of ketones is 2. The summed E-state index contributed by atoms with van der Waals surface area (Å²) in [5, 5.41) is 2.85. The average Bonchev–Trinajstić information content (AvgIpc) is 2.84. The molecule has 3 aliphatic rings. The molecule has 5 rings (SSSR count). The Bertz CT molecular complexity index is 1180. The number of aryl methyl sites for hydroxylation is 1. The zero-order valence-electron chi connectivity index (χ0n) is 19.2. The molecule has 0 bridgehead atoms. The van der Waals surface area contributed by atoms with E-state index in [0.29, 0.717) is 29.7 Å². The topological polar surface area (TPSA) is 81.7 Å². The Kier molecular flexibility index (Phi) is 6.05. The van der Waals surface area contributed by atoms with Gasteiger partial charge in [-0.05, 0) is 49.1 Å². The highest BCUT2D eigenvalue weighted by Gasteiger charge is 2.41. The second-order valence-corrected chi connectivity index (χ2v) is 8.98. The molecule has 0 unspecified atom stereocenters. The summed E-state index contributed by atoms with van der Waals surface area (Å²) in [6, 6.07) is 14.9. The summed E-state index contributed by atoms with van der Waals surface area (Å²) < 4.78 is 11.8. The van der Waals surface area contributed by atoms with E-state index in [4.69, 9.17) is 9.47 Å². The van der Waals surface area contributed by atoms with Gasteiger partial charge >= 0.3 is 0 Å². The highest BCUT2D eigenvalue weighted by atomic mass is 16.5. The minimum absolute atomic E-state index is 0.0596. The molecule has 0 aromatic heterocycles. The number of benzene rings is 2. The van der Waals surface area contributed by atoms with Crippen molar-refractivity contribution in [2.45, 2.75) is 51.4 Å². The van der Waals surface area contributed by atoms with Crippen LogP contribution < -0.4 is 10.1 Å². The third-order valence-electron chi connectivity index (χ3n) is 6.64. The number of hydrogen-bond acceptors (Lipinski definition) is 5. The van der Waals surface area contributed by atoms with Crippen molar-refractivity contribution in [1.82, 2.24) is 0 Å². The van der Waals surface area contributed by atoms with Crippen LogP contribution in [0.25, 0.3) is 0 Å². The number of rotatable bonds is 5. The Balaban J connectivity index is 1.34. The first-order chi connectivity index (χ1) is 16.5. The number of allylic oxidation sites excluding steroid dienone is 4. The molecule has 2 aliphatic carbocycles. The maximum atomic E-state index is 12.9. The molecule has 6 nitrogen and oxygen atoms in total. The number of carbonyl (C=O) groups is 3. The maximum Gasteiger partial charge on any atom is 0.262 e. The van der Waals surface area contributed by atoms with E-state index in [1.807, 2.05) is 43.3 Å². The lowest BCUT2D eigenvalue weighted by molar-refractivity contribution is -0.119. The molecule has 6 heteroatoms. The van der Waals surface area contributed by atoms with Crippen molar-refractivity contribution in [3.63, 3.8) is 0 Å². The number of carbonyl (C=O) groups excluding carboxylic acids is 3. The van der Waals surface area contributed by atoms with Crippen molar-refractivity contribution >= 4 is 23.2 Å². The summed E-state index contributed by atoms with van der Waals surface area (Å²) in [7, 11) is 0. The number of ether oxygens (including phenoxy) is 2. The zero-order chi connectivity index (χ0) is 23.7. The van der Waals surface area contributed by atoms with Gasteiger partial charge in [0, 0.05) is 48.4 Å². The molecule has 0 radical (unpaired) electrons. The Morgan fingerprint density at radius 2 is 1.53 bits per heavy atom. The molecule has 1 heterocycles. The fourth-order valence-corrected chi connectivity index (χ4v) is 4.96. The van der Waals surface area contributed by atoms with E-state index >= 15 is 0 Å². The summed E-state index contributed by atoms with van der Waals surface area (Å²) in [5.74, 6) is 1.48. The van der Waals surface area contributed by atoms with Gasteiger partial charge in [-0.2, -0.15) is 0 Å². The van der Waals surface area contributed by atoms with E-state index in [1.54, 1.807) is 12.1 Å². The summed E-state index contributed by atoms with van der Waals surface area (Å²) in [6.07, 6.45) is 3.95. The minimum atomic E-state index is -0.391. The van der Waals surface area contributed by atoms with Crippen LogP contribution in [0.5, 0.6) is 5.75 Å². The number of Topliss-reactive ketones (excluding diaryl/α,β-unsaturated/α-hetero) is 2. The third kappa shape index (κ3) is 4.28. The number of hydrogen-bond donors (Lipinski definition) is 1. The molecule has 2 aromatic carbocycles. The van der Waals surface area contributed by atoms with Crippen molar-refractivity contribution in [1.29, 1.82) is 0 Å². The first-order valence-electron chi connectivity index (χ1n) is 11.8. The van der Waals surface area contributed by atoms with Gasteiger partial charge in [-0.25, -0.2) is 0 Å². The van der Waals surface area contributed by atoms with Gasteiger partial charge in [0.25, 0.3) is 5.91 Å². The molecule has 0 saturated carbocycles. The van der Waals surface area contributed by atoms with Gasteiger partial charge in [-0.15, -0.1) is 0 Å². The van der Waals surface area contributed by atoms with Crippen molar-refractivity contribution < 1.29 is 23.9 Å². The van der Waals surface area contributed by atoms with E-state index in [0.717, 1.165) is 54.0 Å². The number of amides is 1. The molecular weight excluding hydrogens is 430 g/mol. The SMILES string of the molecule is Cc1ccccc1NC(=O)COc1ccc(C2C3=C(CCCC3=O)OC3=C2C(=O)CCC3)cc1. The summed E-state index contributed by atoms with van der Waals surface area (Å²) >= 11 is 0. The van der Waals surface area contributed by atoms with Crippen LogP contribution in [0.4, 0.5) is 5.69 Å². The lowest BCUT2D eigenvalue weighted by Crippen LogP contribution is -2.30. The van der Waals surface area contributed by atoms with Crippen LogP contribution in [0.15, 0.2) is 71.2 Å². The Morgan fingerprint density at radius 1 is 0.912 bits per heavy atom. The Hall–Kier alpha value is -3.67. The van der Waals surface area contributed by atoms with Crippen LogP contribution in [-0.4, -0.2) is 24.1 Å². The van der Waals surface area contributed by atoms with E-state index < -0.39 is 5.92 Å². The van der Waals surface area contributed by atoms with E-state index in [1.165, 1.54) is 0 Å². The molecular formula is C28H27NO5. The van der Waals surface area contributed by atoms with E-state index in [-0.39, 0.29) is 24.1 Å². The third-order valence-corrected chi connectivity index (χ3v) is 6.64. The normalized spacial score (nSPS) is 18.3. The molecule has 0 saturated heterocycles. The molecule has 1 N–H and O–H groups in total. The maximum absolute atomic E-state index is 12.9. The molecule has 1 aliphatic heterocycles. The van der Waals surface area contributed by atoms with Crippen molar-refractivity contribution in [2.24, 2.45) is 0 Å². The lowest BCUT2D eigenvalue weighted by Gasteiger charge is -2.36. The van der Waals surface area contributed by atoms with Gasteiger partial charge < -0.3 is 14.8 Å². The number of para-hydroxylation sites is 1. The number of anilines is 1. The molecule has 0 atom stereocenters. The summed E-state index contributed by atoms with van der Waals surface area (Å²) in [5.41, 5.74) is 3.87. The van der Waals surface area contributed by atoms with Crippen LogP contribution in [0, 0.1) is 6.92 Å². The predicted octanol–water partition coefficient (Wildman–Crippen LogP) is 5.14. The van der Waals surface area contributed by atoms with Gasteiger partial charge in [0.1, 0.15) is 17.3 Å². The quantitative estimate of drug-likeness (QED) is 0.672. The molecule has 0 fully saturated rings. The number of nitrogens with one attached hydrogen (secondary N) is 1. The lowest BCUT2D eigenvalue weighted by atomic mass is 9.73. The summed E-state index contributed by atoms with van der Waals surface area (Å²) in [6.45, 7) is 1.81. The second-order valence-electron chi connectivity index (χ2n) is 8.98. The molecule has 2 aromatic rings. The van der Waals surface area contributed by atoms with Gasteiger partial charge in [0.15, 0.2) is 18.2 Å². The molecule has 174 valence electrons. The van der Waals surface area contributed by atoms with Gasteiger partial charge in [0.2, 0.25) is 0 Å². The zero-order valence-corrected chi connectivity index (χ0v) is 19.2. The van der Waals surface area contributed by atoms with Crippen molar-refractivity contribution in [2.75, 3.05) is 11.9 Å². The predicted molar refractivity (Wildman–Crippen MR) is 127 cm³/mol. The molecule has 0 spiro atoms. The first-order valence-corrected chi connectivity index (χ1v) is 11.8. The fourth-order valence-electron chi connectivity index (χ4n) is 4.96. The van der Waals surface area contributed by atoms with Crippen LogP contribution in [-0.2, 0) is 19.1 Å². The van der Waals surface area contributed by atoms with Crippen LogP contribution in [0.3, 0.4) is 0 Å². The van der Waals surface area contributed by atoms with E-state index in [9.17, 15) is 14.4 Å². The highest BCUT2D eigenvalue weighted by molar-refractivity contribution is 6.05. The van der Waals surface area contributed by atoms with Crippen LogP contribution >= 0.6 is 0 Å². The monoisotopic (exact) mass is 457 g/mol. The second kappa shape index (κ2) is 9.29. The minimum Gasteiger partial charge on any atom is -0.484 e. The van der Waals surface area contributed by atoms with Crippen LogP contribution in [0.1, 0.15) is 55.6 Å². The van der Waals surface area contributed by atoms with Gasteiger partial charge in [0.05, 0.1) is 0 Å². The largest absolute Gasteiger partial charge is 0.484 e. The average molecular weight is 458 g/mol. The van der Waals surface area contributed by atoms with E-state index in [2.05, 4.69) is 5.32 Å². The fraction of sp³-hybridized carbons (Fsp3) is 0.321. The molecule has 1 amide bonds. The Labute approximate surface area is 198 Å². The van der Waals surface area contributed by atoms with Crippen molar-refractivity contribution in [3.05, 3.63) is 82.3 Å². The van der Waals surface area contributed by atoms with Crippen LogP contribution in [0.2, 0.25) is 0 Å². The Morgan fingerprint density at radius 3 is 2.15 bits per heavy atom. The highest BCUT2D eigenvalue weighted by Crippen LogP contribution is 2.47. The van der Waals surface area contributed by atoms with Crippen molar-refractivity contribution in [3.8, 4) is 5.75 Å². The van der Waals surface area contributed by atoms with Gasteiger partial charge in [-0.1, -0.05) is 30.3 Å². The van der Waals surface area contributed by atoms with Gasteiger partial charge in [-0.3, -0.25) is 14.4 Å². The first kappa shape index (κ1) is 22.1. The summed E-state index contributed by atoms with van der Waals surface area (Å²) in [4.78, 5) is 38.0. The smallest absolute Gasteiger partial charge is 0.262 e. The standard InChI is InChI=1S/C28H27NO5/c1-17-6-2-3-7-20(17)29-25(32)16-33-19-14-12-18(13-15-19)26-27-21(30)8-4-10-23(27)34-24-11-5-9-22(31)28(24)26/h2-3,6-7,12-15,26H,4-5,8-11,16H2,1H3,(H,29,32). The molecule has 34 heavy (non-hydrogen) atoms.